The van der Waals surface area contributed by atoms with Crippen LogP contribution in [0.15, 0.2) is 17.1 Å². The predicted molar refractivity (Wildman–Crippen MR) is 97.4 cm³/mol. The first kappa shape index (κ1) is 18.4. The average Bonchev–Trinajstić information content (AvgIpc) is 3.24. The lowest BCUT2D eigenvalue weighted by atomic mass is 10.1. The van der Waals surface area contributed by atoms with Gasteiger partial charge in [0.2, 0.25) is 5.43 Å². The van der Waals surface area contributed by atoms with Gasteiger partial charge in [-0.1, -0.05) is 0 Å². The number of hydrogen-bond acceptors (Lipinski definition) is 5. The van der Waals surface area contributed by atoms with Crippen LogP contribution in [0.25, 0.3) is 10.9 Å². The number of ether oxygens (including phenoxy) is 1. The Hall–Kier alpha value is -2.59. The van der Waals surface area contributed by atoms with Crippen LogP contribution in [0.1, 0.15) is 22.8 Å². The van der Waals surface area contributed by atoms with Gasteiger partial charge in [0.25, 0.3) is 0 Å². The van der Waals surface area contributed by atoms with Crippen LogP contribution >= 0.6 is 0 Å². The molecule has 5 rings (SSSR count). The van der Waals surface area contributed by atoms with Gasteiger partial charge in [-0.05, 0) is 6.07 Å². The zero-order valence-corrected chi connectivity index (χ0v) is 15.2. The SMILES string of the molecule is O=C(O)c1cn(C2CC2F)c2c(F)c(N3CC4NCCOC4C3)c(F)cc2c1=O. The highest BCUT2D eigenvalue weighted by molar-refractivity contribution is 5.94. The standard InChI is InChI=1S/C19H18F3N3O4/c20-10-4-13(10)25-5-9(19(27)28)18(26)8-3-11(21)17(15(22)16(8)25)24-6-12-14(7-24)29-2-1-23-12/h3,5,10,12-14,23H,1-2,4,6-7H2,(H,27,28). The average molecular weight is 409 g/mol. The van der Waals surface area contributed by atoms with Crippen molar-refractivity contribution in [1.82, 2.24) is 9.88 Å². The van der Waals surface area contributed by atoms with E-state index in [1.54, 1.807) is 0 Å². The van der Waals surface area contributed by atoms with Gasteiger partial charge in [0, 0.05) is 32.3 Å². The maximum atomic E-state index is 15.6. The van der Waals surface area contributed by atoms with Gasteiger partial charge < -0.3 is 24.6 Å². The summed E-state index contributed by atoms with van der Waals surface area (Å²) in [5.74, 6) is -3.49. The van der Waals surface area contributed by atoms with Crippen LogP contribution in [0.5, 0.6) is 0 Å². The van der Waals surface area contributed by atoms with Crippen LogP contribution in [0.4, 0.5) is 18.9 Å². The lowest BCUT2D eigenvalue weighted by Gasteiger charge is -2.25. The third kappa shape index (κ3) is 2.81. The molecule has 154 valence electrons. The van der Waals surface area contributed by atoms with Crippen molar-refractivity contribution in [3.63, 3.8) is 0 Å². The molecule has 3 fully saturated rings. The van der Waals surface area contributed by atoms with Crippen molar-refractivity contribution in [2.24, 2.45) is 0 Å². The maximum absolute atomic E-state index is 15.6. The van der Waals surface area contributed by atoms with Crippen LogP contribution in [0.3, 0.4) is 0 Å². The van der Waals surface area contributed by atoms with Crippen molar-refractivity contribution >= 4 is 22.6 Å². The molecule has 4 atom stereocenters. The summed E-state index contributed by atoms with van der Waals surface area (Å²) >= 11 is 0. The number of carboxylic acids is 1. The van der Waals surface area contributed by atoms with E-state index in [1.165, 1.54) is 4.90 Å². The van der Waals surface area contributed by atoms with Gasteiger partial charge in [-0.15, -0.1) is 0 Å². The maximum Gasteiger partial charge on any atom is 0.341 e. The largest absolute Gasteiger partial charge is 0.477 e. The first-order chi connectivity index (χ1) is 13.9. The number of morpholine rings is 1. The Labute approximate surface area is 162 Å². The monoisotopic (exact) mass is 409 g/mol. The number of aromatic nitrogens is 1. The summed E-state index contributed by atoms with van der Waals surface area (Å²) in [7, 11) is 0. The summed E-state index contributed by atoms with van der Waals surface area (Å²) in [5.41, 5.74) is -2.23. The number of carboxylic acid groups (broad SMARTS) is 1. The summed E-state index contributed by atoms with van der Waals surface area (Å²) < 4.78 is 51.0. The van der Waals surface area contributed by atoms with Crippen LogP contribution < -0.4 is 15.6 Å². The molecule has 0 spiro atoms. The molecule has 10 heteroatoms. The van der Waals surface area contributed by atoms with Gasteiger partial charge in [-0.2, -0.15) is 0 Å². The molecule has 29 heavy (non-hydrogen) atoms. The molecule has 1 saturated carbocycles. The molecule has 1 aromatic heterocycles. The summed E-state index contributed by atoms with van der Waals surface area (Å²) in [5, 5.41) is 12.1. The highest BCUT2D eigenvalue weighted by atomic mass is 19.1. The lowest BCUT2D eigenvalue weighted by molar-refractivity contribution is 0.0212. The zero-order chi connectivity index (χ0) is 20.4. The van der Waals surface area contributed by atoms with E-state index in [1.807, 2.05) is 0 Å². The molecule has 7 nitrogen and oxygen atoms in total. The van der Waals surface area contributed by atoms with E-state index in [2.05, 4.69) is 5.32 Å². The van der Waals surface area contributed by atoms with Crippen molar-refractivity contribution < 1.29 is 27.8 Å². The van der Waals surface area contributed by atoms with E-state index in [0.717, 1.165) is 16.8 Å². The molecule has 0 radical (unpaired) electrons. The number of aromatic carboxylic acids is 1. The fourth-order valence-electron chi connectivity index (χ4n) is 4.35. The molecule has 1 aromatic carbocycles. The number of nitrogens with one attached hydrogen (secondary N) is 1. The van der Waals surface area contributed by atoms with Crippen molar-refractivity contribution in [3.05, 3.63) is 39.7 Å². The molecule has 2 saturated heterocycles. The van der Waals surface area contributed by atoms with E-state index in [4.69, 9.17) is 4.74 Å². The van der Waals surface area contributed by atoms with E-state index in [-0.39, 0.29) is 36.3 Å². The lowest BCUT2D eigenvalue weighted by Crippen LogP contribution is -2.47. The van der Waals surface area contributed by atoms with Crippen molar-refractivity contribution in [2.75, 3.05) is 31.1 Å². The van der Waals surface area contributed by atoms with E-state index in [0.29, 0.717) is 19.7 Å². The molecule has 2 aromatic rings. The Bertz CT molecular complexity index is 1070. The number of fused-ring (bicyclic) bond motifs is 2. The van der Waals surface area contributed by atoms with E-state index >= 15 is 4.39 Å². The quantitative estimate of drug-likeness (QED) is 0.798. The van der Waals surface area contributed by atoms with Crippen molar-refractivity contribution in [2.45, 2.75) is 30.8 Å². The fourth-order valence-corrected chi connectivity index (χ4v) is 4.35. The van der Waals surface area contributed by atoms with E-state index < -0.39 is 46.2 Å². The van der Waals surface area contributed by atoms with Crippen LogP contribution in [0.2, 0.25) is 0 Å². The summed E-state index contributed by atoms with van der Waals surface area (Å²) in [6, 6.07) is -0.00565. The summed E-state index contributed by atoms with van der Waals surface area (Å²) in [6.07, 6.45) is -0.457. The molecule has 1 aliphatic carbocycles. The molecular weight excluding hydrogens is 391 g/mol. The molecule has 0 amide bonds. The van der Waals surface area contributed by atoms with Crippen molar-refractivity contribution in [3.8, 4) is 0 Å². The van der Waals surface area contributed by atoms with Gasteiger partial charge in [0.15, 0.2) is 5.82 Å². The minimum absolute atomic E-state index is 0.0755. The number of rotatable bonds is 3. The third-order valence-corrected chi connectivity index (χ3v) is 5.88. The van der Waals surface area contributed by atoms with Crippen LogP contribution in [-0.4, -0.2) is 60.2 Å². The second kappa shape index (κ2) is 6.46. The number of benzene rings is 1. The second-order valence-corrected chi connectivity index (χ2v) is 7.70. The summed E-state index contributed by atoms with van der Waals surface area (Å²) in [4.78, 5) is 25.4. The molecule has 2 aliphatic heterocycles. The smallest absolute Gasteiger partial charge is 0.341 e. The first-order valence-corrected chi connectivity index (χ1v) is 9.41. The molecule has 3 heterocycles. The van der Waals surface area contributed by atoms with Gasteiger partial charge in [-0.3, -0.25) is 4.79 Å². The number of alkyl halides is 1. The molecule has 3 aliphatic rings. The Morgan fingerprint density at radius 1 is 1.31 bits per heavy atom. The van der Waals surface area contributed by atoms with Crippen LogP contribution in [-0.2, 0) is 4.74 Å². The van der Waals surface area contributed by atoms with Crippen LogP contribution in [0, 0.1) is 11.6 Å². The first-order valence-electron chi connectivity index (χ1n) is 9.41. The van der Waals surface area contributed by atoms with Gasteiger partial charge in [-0.25, -0.2) is 18.0 Å². The van der Waals surface area contributed by atoms with Gasteiger partial charge in [0.05, 0.1) is 35.7 Å². The number of nitrogens with zero attached hydrogens (tertiary/aromatic N) is 2. The number of halogens is 3. The number of anilines is 1. The normalized spacial score (nSPS) is 28.6. The number of hydrogen-bond donors (Lipinski definition) is 2. The Balaban J connectivity index is 1.70. The number of pyridine rings is 1. The molecule has 2 N–H and O–H groups in total. The molecule has 0 bridgehead atoms. The van der Waals surface area contributed by atoms with Gasteiger partial charge in [0.1, 0.15) is 23.2 Å². The third-order valence-electron chi connectivity index (χ3n) is 5.88. The topological polar surface area (TPSA) is 83.8 Å². The Morgan fingerprint density at radius 2 is 2.07 bits per heavy atom. The number of carbonyl (C=O) groups is 1. The minimum atomic E-state index is -1.53. The van der Waals surface area contributed by atoms with E-state index in [9.17, 15) is 23.5 Å². The highest BCUT2D eigenvalue weighted by Gasteiger charge is 2.42. The predicted octanol–water partition coefficient (Wildman–Crippen LogP) is 1.44. The second-order valence-electron chi connectivity index (χ2n) is 7.70. The Morgan fingerprint density at radius 3 is 2.72 bits per heavy atom. The Kier molecular flexibility index (Phi) is 4.11. The fraction of sp³-hybridized carbons (Fsp3) is 0.474. The molecular formula is C19H18F3N3O4. The highest BCUT2D eigenvalue weighted by Crippen LogP contribution is 2.42. The summed E-state index contributed by atoms with van der Waals surface area (Å²) in [6.45, 7) is 1.74. The zero-order valence-electron chi connectivity index (χ0n) is 15.2. The minimum Gasteiger partial charge on any atom is -0.477 e. The van der Waals surface area contributed by atoms with Gasteiger partial charge >= 0.3 is 5.97 Å². The molecule has 4 unspecified atom stereocenters. The van der Waals surface area contributed by atoms with Crippen molar-refractivity contribution in [1.29, 1.82) is 0 Å².